The average molecular weight is 457 g/mol. The zero-order chi connectivity index (χ0) is 22.7. The van der Waals surface area contributed by atoms with E-state index >= 15 is 0 Å². The molecule has 0 aliphatic carbocycles. The van der Waals surface area contributed by atoms with Gasteiger partial charge in [0.25, 0.3) is 5.56 Å². The zero-order valence-electron chi connectivity index (χ0n) is 17.8. The Morgan fingerprint density at radius 2 is 1.59 bits per heavy atom. The monoisotopic (exact) mass is 456 g/mol. The molecule has 0 bridgehead atoms. The summed E-state index contributed by atoms with van der Waals surface area (Å²) in [7, 11) is -0.853. The van der Waals surface area contributed by atoms with Gasteiger partial charge >= 0.3 is 0 Å². The fraction of sp³-hybridized carbons (Fsp3) is 0.273. The second kappa shape index (κ2) is 9.01. The van der Waals surface area contributed by atoms with Crippen molar-refractivity contribution in [3.63, 3.8) is 0 Å². The molecule has 0 N–H and O–H groups in total. The number of ether oxygens (including phenoxy) is 2. The van der Waals surface area contributed by atoms with Crippen molar-refractivity contribution in [1.29, 1.82) is 0 Å². The number of para-hydroxylation sites is 1. The molecule has 2 aromatic carbocycles. The smallest absolute Gasteiger partial charge is 0.271 e. The molecule has 1 saturated heterocycles. The summed E-state index contributed by atoms with van der Waals surface area (Å²) >= 11 is 0. The molecule has 3 aromatic rings. The Bertz CT molecular complexity index is 1250. The molecule has 0 spiro atoms. The van der Waals surface area contributed by atoms with E-state index in [0.717, 1.165) is 0 Å². The standard InChI is InChI=1S/C22H24N4O5S/c1-30-18-8-9-19(31-2)20(16-18)32(28,29)25-14-12-24(13-15-25)21-10-11-22(27)26(23-21)17-6-4-3-5-7-17/h3-11,16H,12-15H2,1-2H3. The number of anilines is 1. The minimum absolute atomic E-state index is 0.0727. The SMILES string of the molecule is COc1ccc(OC)c(S(=O)(=O)N2CCN(c3ccc(=O)n(-c4ccccc4)n3)CC2)c1. The highest BCUT2D eigenvalue weighted by Crippen LogP contribution is 2.31. The van der Waals surface area contributed by atoms with E-state index in [1.807, 2.05) is 35.2 Å². The van der Waals surface area contributed by atoms with Gasteiger partial charge in [-0.05, 0) is 30.3 Å². The maximum Gasteiger partial charge on any atom is 0.271 e. The molecule has 32 heavy (non-hydrogen) atoms. The van der Waals surface area contributed by atoms with Crippen molar-refractivity contribution in [3.8, 4) is 17.2 Å². The van der Waals surface area contributed by atoms with E-state index < -0.39 is 10.0 Å². The maximum atomic E-state index is 13.3. The summed E-state index contributed by atoms with van der Waals surface area (Å²) in [5.41, 5.74) is 0.442. The van der Waals surface area contributed by atoms with E-state index in [4.69, 9.17) is 9.47 Å². The van der Waals surface area contributed by atoms with Crippen LogP contribution in [0.5, 0.6) is 11.5 Å². The Kier molecular flexibility index (Phi) is 6.15. The zero-order valence-corrected chi connectivity index (χ0v) is 18.7. The largest absolute Gasteiger partial charge is 0.497 e. The molecule has 1 aliphatic rings. The topological polar surface area (TPSA) is 94.0 Å². The molecule has 2 heterocycles. The van der Waals surface area contributed by atoms with Gasteiger partial charge in [0.1, 0.15) is 22.2 Å². The van der Waals surface area contributed by atoms with Crippen molar-refractivity contribution >= 4 is 15.8 Å². The Labute approximate surface area is 186 Å². The van der Waals surface area contributed by atoms with Gasteiger partial charge in [0.05, 0.1) is 19.9 Å². The van der Waals surface area contributed by atoms with Crippen molar-refractivity contribution in [1.82, 2.24) is 14.1 Å². The van der Waals surface area contributed by atoms with Crippen molar-refractivity contribution < 1.29 is 17.9 Å². The number of benzene rings is 2. The fourth-order valence-corrected chi connectivity index (χ4v) is 5.20. The van der Waals surface area contributed by atoms with E-state index in [1.165, 1.54) is 35.3 Å². The Balaban J connectivity index is 1.55. The highest BCUT2D eigenvalue weighted by Gasteiger charge is 2.31. The third-order valence-electron chi connectivity index (χ3n) is 5.34. The lowest BCUT2D eigenvalue weighted by Crippen LogP contribution is -2.49. The number of nitrogens with zero attached hydrogens (tertiary/aromatic N) is 4. The molecule has 168 valence electrons. The van der Waals surface area contributed by atoms with Crippen LogP contribution in [-0.4, -0.2) is 62.9 Å². The first-order valence-corrected chi connectivity index (χ1v) is 11.5. The van der Waals surface area contributed by atoms with Crippen LogP contribution in [0.25, 0.3) is 5.69 Å². The van der Waals surface area contributed by atoms with Gasteiger partial charge in [0.2, 0.25) is 10.0 Å². The average Bonchev–Trinajstić information content (AvgIpc) is 2.84. The van der Waals surface area contributed by atoms with Gasteiger partial charge in [-0.15, -0.1) is 5.10 Å². The highest BCUT2D eigenvalue weighted by atomic mass is 32.2. The normalized spacial score (nSPS) is 14.9. The summed E-state index contributed by atoms with van der Waals surface area (Å²) < 4.78 is 39.8. The van der Waals surface area contributed by atoms with Gasteiger partial charge in [0, 0.05) is 38.3 Å². The summed E-state index contributed by atoms with van der Waals surface area (Å²) in [5.74, 6) is 1.32. The Morgan fingerprint density at radius 3 is 2.25 bits per heavy atom. The first kappa shape index (κ1) is 21.8. The summed E-state index contributed by atoms with van der Waals surface area (Å²) in [4.78, 5) is 14.3. The molecule has 0 saturated carbocycles. The molecule has 0 amide bonds. The fourth-order valence-electron chi connectivity index (χ4n) is 3.61. The third-order valence-corrected chi connectivity index (χ3v) is 7.26. The predicted molar refractivity (Wildman–Crippen MR) is 120 cm³/mol. The lowest BCUT2D eigenvalue weighted by atomic mass is 10.3. The van der Waals surface area contributed by atoms with Crippen LogP contribution in [0.15, 0.2) is 70.4 Å². The molecule has 4 rings (SSSR count). The maximum absolute atomic E-state index is 13.3. The lowest BCUT2D eigenvalue weighted by Gasteiger charge is -2.34. The van der Waals surface area contributed by atoms with Crippen LogP contribution in [0.1, 0.15) is 0 Å². The van der Waals surface area contributed by atoms with E-state index in [-0.39, 0.29) is 29.3 Å². The lowest BCUT2D eigenvalue weighted by molar-refractivity contribution is 0.370. The number of methoxy groups -OCH3 is 2. The molecular weight excluding hydrogens is 432 g/mol. The minimum atomic E-state index is -3.77. The van der Waals surface area contributed by atoms with E-state index in [9.17, 15) is 13.2 Å². The van der Waals surface area contributed by atoms with E-state index in [1.54, 1.807) is 18.2 Å². The second-order valence-electron chi connectivity index (χ2n) is 7.19. The van der Waals surface area contributed by atoms with Gasteiger partial charge in [-0.1, -0.05) is 18.2 Å². The molecule has 9 nitrogen and oxygen atoms in total. The molecule has 1 aliphatic heterocycles. The van der Waals surface area contributed by atoms with Crippen molar-refractivity contribution in [3.05, 3.63) is 71.0 Å². The van der Waals surface area contributed by atoms with Crippen LogP contribution in [-0.2, 0) is 10.0 Å². The number of piperazine rings is 1. The van der Waals surface area contributed by atoms with Crippen LogP contribution >= 0.6 is 0 Å². The second-order valence-corrected chi connectivity index (χ2v) is 9.09. The van der Waals surface area contributed by atoms with Crippen molar-refractivity contribution in [2.24, 2.45) is 0 Å². The first-order chi connectivity index (χ1) is 15.4. The quantitative estimate of drug-likeness (QED) is 0.558. The molecule has 1 fully saturated rings. The summed E-state index contributed by atoms with van der Waals surface area (Å²) in [6.45, 7) is 1.42. The molecule has 0 unspecified atom stereocenters. The van der Waals surface area contributed by atoms with Crippen molar-refractivity contribution in [2.45, 2.75) is 4.90 Å². The molecule has 10 heteroatoms. The first-order valence-electron chi connectivity index (χ1n) is 10.1. The molecular formula is C22H24N4O5S. The van der Waals surface area contributed by atoms with E-state index in [2.05, 4.69) is 5.10 Å². The van der Waals surface area contributed by atoms with Crippen LogP contribution < -0.4 is 19.9 Å². The number of hydrogen-bond donors (Lipinski definition) is 0. The van der Waals surface area contributed by atoms with Crippen LogP contribution in [0, 0.1) is 0 Å². The number of aromatic nitrogens is 2. The summed E-state index contributed by atoms with van der Waals surface area (Å²) in [6.07, 6.45) is 0. The van der Waals surface area contributed by atoms with Gasteiger partial charge in [-0.25, -0.2) is 8.42 Å². The molecule has 0 radical (unpaired) electrons. The highest BCUT2D eigenvalue weighted by molar-refractivity contribution is 7.89. The van der Waals surface area contributed by atoms with Gasteiger partial charge in [0.15, 0.2) is 0 Å². The summed E-state index contributed by atoms with van der Waals surface area (Å²) in [6, 6.07) is 17.0. The van der Waals surface area contributed by atoms with Gasteiger partial charge in [-0.2, -0.15) is 8.99 Å². The third kappa shape index (κ3) is 4.19. The summed E-state index contributed by atoms with van der Waals surface area (Å²) in [5, 5.41) is 4.49. The molecule has 1 aromatic heterocycles. The molecule has 0 atom stereocenters. The van der Waals surface area contributed by atoms with Crippen LogP contribution in [0.2, 0.25) is 0 Å². The van der Waals surface area contributed by atoms with Crippen LogP contribution in [0.3, 0.4) is 0 Å². The van der Waals surface area contributed by atoms with Crippen LogP contribution in [0.4, 0.5) is 5.82 Å². The minimum Gasteiger partial charge on any atom is -0.497 e. The van der Waals surface area contributed by atoms with E-state index in [0.29, 0.717) is 30.3 Å². The number of rotatable bonds is 6. The van der Waals surface area contributed by atoms with Gasteiger partial charge in [-0.3, -0.25) is 4.79 Å². The Hall–Kier alpha value is -3.37. The Morgan fingerprint density at radius 1 is 0.875 bits per heavy atom. The number of sulfonamides is 1. The van der Waals surface area contributed by atoms with Gasteiger partial charge < -0.3 is 14.4 Å². The number of hydrogen-bond acceptors (Lipinski definition) is 7. The van der Waals surface area contributed by atoms with Crippen molar-refractivity contribution in [2.75, 3.05) is 45.3 Å². The predicted octanol–water partition coefficient (Wildman–Crippen LogP) is 1.76.